The van der Waals surface area contributed by atoms with Gasteiger partial charge in [-0.1, -0.05) is 154 Å². The average molecular weight is 839 g/mol. The summed E-state index contributed by atoms with van der Waals surface area (Å²) < 4.78 is 2.67. The van der Waals surface area contributed by atoms with E-state index in [1.54, 1.807) is 0 Å². The topological polar surface area (TPSA) is 6.48 Å². The average Bonchev–Trinajstić information content (AvgIpc) is 3.61. The van der Waals surface area contributed by atoms with Gasteiger partial charge in [0, 0.05) is 54.2 Å². The summed E-state index contributed by atoms with van der Waals surface area (Å²) in [6.45, 7) is 26.4. The maximum Gasteiger partial charge on any atom is 0.252 e. The van der Waals surface area contributed by atoms with Gasteiger partial charge in [0.15, 0.2) is 0 Å². The van der Waals surface area contributed by atoms with Gasteiger partial charge in [0.25, 0.3) is 6.71 Å². The normalized spacial score (nSPS) is 16.2. The fourth-order valence-corrected chi connectivity index (χ4v) is 12.3. The minimum atomic E-state index is -0.113. The number of benzene rings is 7. The Morgan fingerprint density at radius 3 is 1.79 bits per heavy atom. The number of nitrogens with zero attached hydrogens (tertiary/aromatic N) is 2. The third kappa shape index (κ3) is 6.18. The number of fused-ring (bicyclic) bond motifs is 8. The summed E-state index contributed by atoms with van der Waals surface area (Å²) in [5.41, 5.74) is 21.3. The lowest BCUT2D eigenvalue weighted by Crippen LogP contribution is -2.61. The number of hydrogen-bond donors (Lipinski definition) is 0. The van der Waals surface area contributed by atoms with Gasteiger partial charge in [-0.05, 0) is 140 Å². The van der Waals surface area contributed by atoms with Gasteiger partial charge in [-0.2, -0.15) is 0 Å². The van der Waals surface area contributed by atoms with Crippen LogP contribution in [0.5, 0.6) is 0 Å². The van der Waals surface area contributed by atoms with Crippen LogP contribution in [0.1, 0.15) is 110 Å². The number of thiophene rings is 1. The highest BCUT2D eigenvalue weighted by Gasteiger charge is 2.46. The Labute approximate surface area is 379 Å². The zero-order valence-corrected chi connectivity index (χ0v) is 39.8. The number of para-hydroxylation sites is 1. The maximum atomic E-state index is 2.68. The van der Waals surface area contributed by atoms with E-state index >= 15 is 0 Å². The zero-order valence-electron chi connectivity index (χ0n) is 39.0. The third-order valence-electron chi connectivity index (χ3n) is 14.9. The Bertz CT molecular complexity index is 3170. The van der Waals surface area contributed by atoms with Crippen molar-refractivity contribution in [1.29, 1.82) is 0 Å². The standard InChI is InChI=1S/C59H59BN2S/c1-36-29-43-44(59(10,11)28-27-58(43,8)9)34-49(36)62-48-26-25-38(56(2,3)4)30-45(48)60-46-35-54-42(41-22-16-18-24-53(41)63-54)33-50(46)61(51-31-39(57(5,6)7)32-52(62)55(51)60)47-23-17-15-21-40(47)37-19-13-12-14-20-37/h12-26,29-35H,27-28H2,1-11H3. The molecule has 0 fully saturated rings. The lowest BCUT2D eigenvalue weighted by atomic mass is 9.33. The van der Waals surface area contributed by atoms with E-state index in [2.05, 4.69) is 219 Å². The van der Waals surface area contributed by atoms with Gasteiger partial charge in [-0.25, -0.2) is 0 Å². The molecule has 2 nitrogen and oxygen atoms in total. The molecule has 8 aromatic rings. The molecule has 0 bridgehead atoms. The molecule has 0 saturated carbocycles. The van der Waals surface area contributed by atoms with Crippen molar-refractivity contribution in [2.45, 2.75) is 111 Å². The molecule has 3 aliphatic rings. The Balaban J connectivity index is 1.30. The maximum absolute atomic E-state index is 2.68. The van der Waals surface area contributed by atoms with Gasteiger partial charge >= 0.3 is 0 Å². The van der Waals surface area contributed by atoms with Crippen LogP contribution in [0, 0.1) is 6.92 Å². The van der Waals surface area contributed by atoms with Gasteiger partial charge in [0.05, 0.1) is 5.69 Å². The van der Waals surface area contributed by atoms with E-state index in [0.717, 1.165) is 0 Å². The number of rotatable bonds is 3. The second kappa shape index (κ2) is 13.7. The number of hydrogen-bond acceptors (Lipinski definition) is 3. The summed E-state index contributed by atoms with van der Waals surface area (Å²) in [4.78, 5) is 5.33. The van der Waals surface area contributed by atoms with Crippen LogP contribution >= 0.6 is 11.3 Å². The Morgan fingerprint density at radius 1 is 0.492 bits per heavy atom. The molecule has 0 amide bonds. The molecule has 1 aliphatic carbocycles. The zero-order chi connectivity index (χ0) is 44.0. The number of anilines is 6. The summed E-state index contributed by atoms with van der Waals surface area (Å²) in [6.07, 6.45) is 2.38. The van der Waals surface area contributed by atoms with Crippen molar-refractivity contribution >= 4 is 88.7 Å². The second-order valence-electron chi connectivity index (χ2n) is 22.1. The van der Waals surface area contributed by atoms with Crippen LogP contribution in [0.25, 0.3) is 31.3 Å². The molecule has 0 N–H and O–H groups in total. The highest BCUT2D eigenvalue weighted by Crippen LogP contribution is 2.53. The molecule has 314 valence electrons. The second-order valence-corrected chi connectivity index (χ2v) is 23.2. The molecule has 11 rings (SSSR count). The van der Waals surface area contributed by atoms with E-state index in [-0.39, 0.29) is 28.4 Å². The van der Waals surface area contributed by atoms with E-state index in [9.17, 15) is 0 Å². The van der Waals surface area contributed by atoms with Gasteiger partial charge in [0.1, 0.15) is 0 Å². The summed E-state index contributed by atoms with van der Waals surface area (Å²) in [6, 6.07) is 51.8. The molecule has 0 unspecified atom stereocenters. The van der Waals surface area contributed by atoms with Crippen molar-refractivity contribution in [3.63, 3.8) is 0 Å². The largest absolute Gasteiger partial charge is 0.311 e. The molecule has 63 heavy (non-hydrogen) atoms. The van der Waals surface area contributed by atoms with Crippen molar-refractivity contribution < 1.29 is 0 Å². The van der Waals surface area contributed by atoms with Crippen molar-refractivity contribution in [3.8, 4) is 11.1 Å². The Morgan fingerprint density at radius 2 is 1.10 bits per heavy atom. The minimum absolute atomic E-state index is 0.0237. The molecule has 3 heterocycles. The molecule has 4 heteroatoms. The SMILES string of the molecule is Cc1cc2c(cc1N1c3ccc(C(C)(C)C)cc3B3c4cc5sc6ccccc6c5cc4N(c4ccccc4-c4ccccc4)c4cc(C(C)(C)C)cc1c43)C(C)(C)CCC2(C)C. The summed E-state index contributed by atoms with van der Waals surface area (Å²) >= 11 is 1.93. The monoisotopic (exact) mass is 838 g/mol. The van der Waals surface area contributed by atoms with Gasteiger partial charge in [-0.15, -0.1) is 11.3 Å². The first-order chi connectivity index (χ1) is 29.9. The van der Waals surface area contributed by atoms with Crippen LogP contribution in [0.4, 0.5) is 34.1 Å². The first kappa shape index (κ1) is 40.2. The molecule has 0 spiro atoms. The van der Waals surface area contributed by atoms with E-state index in [1.165, 1.54) is 122 Å². The van der Waals surface area contributed by atoms with Crippen LogP contribution in [-0.4, -0.2) is 6.71 Å². The molecular formula is C59H59BN2S. The van der Waals surface area contributed by atoms with Crippen molar-refractivity contribution in [2.75, 3.05) is 9.80 Å². The van der Waals surface area contributed by atoms with E-state index in [4.69, 9.17) is 0 Å². The van der Waals surface area contributed by atoms with Gasteiger partial charge < -0.3 is 9.80 Å². The van der Waals surface area contributed by atoms with Gasteiger partial charge in [-0.3, -0.25) is 0 Å². The molecule has 1 aromatic heterocycles. The van der Waals surface area contributed by atoms with Crippen LogP contribution in [-0.2, 0) is 21.7 Å². The third-order valence-corrected chi connectivity index (χ3v) is 16.1. The molecule has 2 aliphatic heterocycles. The lowest BCUT2D eigenvalue weighted by molar-refractivity contribution is 0.332. The molecule has 7 aromatic carbocycles. The van der Waals surface area contributed by atoms with E-state index < -0.39 is 0 Å². The van der Waals surface area contributed by atoms with Crippen molar-refractivity contribution in [1.82, 2.24) is 0 Å². The van der Waals surface area contributed by atoms with Crippen LogP contribution in [0.2, 0.25) is 0 Å². The molecule has 0 radical (unpaired) electrons. The van der Waals surface area contributed by atoms with E-state index in [0.29, 0.717) is 0 Å². The summed E-state index contributed by atoms with van der Waals surface area (Å²) in [7, 11) is 0. The smallest absolute Gasteiger partial charge is 0.252 e. The number of aryl methyl sites for hydroxylation is 1. The van der Waals surface area contributed by atoms with Crippen molar-refractivity contribution in [3.05, 3.63) is 161 Å². The molecule has 0 saturated heterocycles. The van der Waals surface area contributed by atoms with Gasteiger partial charge in [0.2, 0.25) is 0 Å². The minimum Gasteiger partial charge on any atom is -0.311 e. The first-order valence-electron chi connectivity index (χ1n) is 23.1. The van der Waals surface area contributed by atoms with E-state index in [1.807, 2.05) is 11.3 Å². The predicted molar refractivity (Wildman–Crippen MR) is 276 cm³/mol. The summed E-state index contributed by atoms with van der Waals surface area (Å²) in [5.74, 6) is 0. The quantitative estimate of drug-likeness (QED) is 0.164. The highest BCUT2D eigenvalue weighted by molar-refractivity contribution is 7.26. The van der Waals surface area contributed by atoms with Crippen LogP contribution in [0.15, 0.2) is 133 Å². The summed E-state index contributed by atoms with van der Waals surface area (Å²) in [5, 5.41) is 2.65. The highest BCUT2D eigenvalue weighted by atomic mass is 32.1. The fourth-order valence-electron chi connectivity index (χ4n) is 11.1. The fraction of sp³-hybridized carbons (Fsp3) is 0.288. The first-order valence-corrected chi connectivity index (χ1v) is 23.9. The predicted octanol–water partition coefficient (Wildman–Crippen LogP) is 15.1. The van der Waals surface area contributed by atoms with Crippen molar-refractivity contribution in [2.24, 2.45) is 0 Å². The Hall–Kier alpha value is -5.58. The lowest BCUT2D eigenvalue weighted by Gasteiger charge is -2.47. The van der Waals surface area contributed by atoms with Crippen LogP contribution < -0.4 is 26.2 Å². The Kier molecular flexibility index (Phi) is 8.75. The van der Waals surface area contributed by atoms with Crippen LogP contribution in [0.3, 0.4) is 0 Å². The molecular weight excluding hydrogens is 780 g/mol. The molecule has 0 atom stereocenters.